The first kappa shape index (κ1) is 20.4. The predicted molar refractivity (Wildman–Crippen MR) is 106 cm³/mol. The third-order valence-corrected chi connectivity index (χ3v) is 4.56. The molecule has 138 valence electrons. The van der Waals surface area contributed by atoms with Gasteiger partial charge in [0.25, 0.3) is 5.56 Å². The van der Waals surface area contributed by atoms with Crippen LogP contribution in [-0.4, -0.2) is 22.8 Å². The van der Waals surface area contributed by atoms with Gasteiger partial charge in [0.2, 0.25) is 5.91 Å². The summed E-state index contributed by atoms with van der Waals surface area (Å²) in [4.78, 5) is 35.5. The first-order valence-electron chi connectivity index (χ1n) is 8.37. The van der Waals surface area contributed by atoms with E-state index in [0.717, 1.165) is 17.3 Å². The standard InChI is InChI=1S/C19H20BrClN2O3/c20-15-5-10-19(26)23(13-15)12-2-1-11-22-18(25)9-8-17(24)14-3-6-16(21)7-4-14/h3-7,10,13H,1-2,8-9,11-12H2,(H,22,25). The van der Waals surface area contributed by atoms with E-state index in [4.69, 9.17) is 11.6 Å². The Morgan fingerprint density at radius 1 is 1.04 bits per heavy atom. The quantitative estimate of drug-likeness (QED) is 0.477. The fraction of sp³-hybridized carbons (Fsp3) is 0.316. The Labute approximate surface area is 165 Å². The molecule has 0 aliphatic rings. The van der Waals surface area contributed by atoms with Gasteiger partial charge >= 0.3 is 0 Å². The molecule has 1 aromatic heterocycles. The Morgan fingerprint density at radius 2 is 1.77 bits per heavy atom. The van der Waals surface area contributed by atoms with Crippen molar-refractivity contribution in [1.29, 1.82) is 0 Å². The fourth-order valence-electron chi connectivity index (χ4n) is 2.41. The van der Waals surface area contributed by atoms with Crippen molar-refractivity contribution in [2.24, 2.45) is 0 Å². The molecule has 0 aliphatic heterocycles. The van der Waals surface area contributed by atoms with Crippen LogP contribution in [-0.2, 0) is 11.3 Å². The number of hydrogen-bond acceptors (Lipinski definition) is 3. The van der Waals surface area contributed by atoms with Crippen molar-refractivity contribution in [3.8, 4) is 0 Å². The van der Waals surface area contributed by atoms with E-state index in [1.807, 2.05) is 0 Å². The molecule has 0 unspecified atom stereocenters. The minimum atomic E-state index is -0.146. The number of carbonyl (C=O) groups is 2. The minimum absolute atomic E-state index is 0.0436. The SMILES string of the molecule is O=C(CCC(=O)c1ccc(Cl)cc1)NCCCCn1cc(Br)ccc1=O. The van der Waals surface area contributed by atoms with Crippen LogP contribution in [0.25, 0.3) is 0 Å². The van der Waals surface area contributed by atoms with Crippen molar-refractivity contribution in [2.75, 3.05) is 6.54 Å². The fourth-order valence-corrected chi connectivity index (χ4v) is 2.91. The number of benzene rings is 1. The van der Waals surface area contributed by atoms with Gasteiger partial charge in [0.05, 0.1) is 0 Å². The number of ketones is 1. The lowest BCUT2D eigenvalue weighted by Crippen LogP contribution is -2.25. The highest BCUT2D eigenvalue weighted by molar-refractivity contribution is 9.10. The minimum Gasteiger partial charge on any atom is -0.356 e. The van der Waals surface area contributed by atoms with E-state index in [2.05, 4.69) is 21.2 Å². The van der Waals surface area contributed by atoms with E-state index >= 15 is 0 Å². The molecule has 0 saturated carbocycles. The van der Waals surface area contributed by atoms with E-state index in [1.165, 1.54) is 6.07 Å². The van der Waals surface area contributed by atoms with Crippen LogP contribution < -0.4 is 10.9 Å². The van der Waals surface area contributed by atoms with E-state index in [1.54, 1.807) is 41.1 Å². The van der Waals surface area contributed by atoms with Crippen LogP contribution in [0.15, 0.2) is 51.9 Å². The number of carbonyl (C=O) groups excluding carboxylic acids is 2. The van der Waals surface area contributed by atoms with Crippen molar-refractivity contribution in [3.05, 3.63) is 68.0 Å². The zero-order valence-corrected chi connectivity index (χ0v) is 16.6. The highest BCUT2D eigenvalue weighted by atomic mass is 79.9. The number of nitrogens with zero attached hydrogens (tertiary/aromatic N) is 1. The molecule has 2 aromatic rings. The number of Topliss-reactive ketones (excluding diaryl/α,β-unsaturated/α-hetero) is 1. The Balaban J connectivity index is 1.63. The lowest BCUT2D eigenvalue weighted by Gasteiger charge is -2.07. The molecule has 1 heterocycles. The van der Waals surface area contributed by atoms with Crippen molar-refractivity contribution in [2.45, 2.75) is 32.2 Å². The molecule has 5 nitrogen and oxygen atoms in total. The van der Waals surface area contributed by atoms with Crippen molar-refractivity contribution >= 4 is 39.2 Å². The molecule has 0 fully saturated rings. The summed E-state index contributed by atoms with van der Waals surface area (Å²) in [5, 5.41) is 3.38. The maximum Gasteiger partial charge on any atom is 0.250 e. The number of unbranched alkanes of at least 4 members (excludes halogenated alkanes) is 1. The summed E-state index contributed by atoms with van der Waals surface area (Å²) in [7, 11) is 0. The molecule has 0 saturated heterocycles. The van der Waals surface area contributed by atoms with Crippen LogP contribution in [0.2, 0.25) is 5.02 Å². The van der Waals surface area contributed by atoms with Crippen molar-refractivity contribution in [1.82, 2.24) is 9.88 Å². The molecular weight excluding hydrogens is 420 g/mol. The first-order valence-corrected chi connectivity index (χ1v) is 9.54. The van der Waals surface area contributed by atoms with Crippen LogP contribution in [0.1, 0.15) is 36.0 Å². The topological polar surface area (TPSA) is 68.2 Å². The average Bonchev–Trinajstić information content (AvgIpc) is 2.62. The van der Waals surface area contributed by atoms with Crippen LogP contribution in [0.3, 0.4) is 0 Å². The molecule has 26 heavy (non-hydrogen) atoms. The summed E-state index contributed by atoms with van der Waals surface area (Å²) in [6.07, 6.45) is 3.62. The van der Waals surface area contributed by atoms with Gasteiger partial charge in [-0.1, -0.05) is 11.6 Å². The lowest BCUT2D eigenvalue weighted by molar-refractivity contribution is -0.121. The van der Waals surface area contributed by atoms with Gasteiger partial charge in [0, 0.05) is 53.3 Å². The normalized spacial score (nSPS) is 10.5. The number of hydrogen-bond donors (Lipinski definition) is 1. The third kappa shape index (κ3) is 6.77. The zero-order chi connectivity index (χ0) is 18.9. The van der Waals surface area contributed by atoms with E-state index < -0.39 is 0 Å². The molecule has 0 spiro atoms. The second kappa shape index (κ2) is 10.3. The number of amides is 1. The van der Waals surface area contributed by atoms with Gasteiger partial charge in [0.1, 0.15) is 0 Å². The smallest absolute Gasteiger partial charge is 0.250 e. The van der Waals surface area contributed by atoms with E-state index in [0.29, 0.717) is 23.7 Å². The molecule has 1 N–H and O–H groups in total. The van der Waals surface area contributed by atoms with Crippen LogP contribution in [0, 0.1) is 0 Å². The number of pyridine rings is 1. The summed E-state index contributed by atoms with van der Waals surface area (Å²) in [6.45, 7) is 1.12. The Morgan fingerprint density at radius 3 is 2.50 bits per heavy atom. The maximum absolute atomic E-state index is 12.0. The van der Waals surface area contributed by atoms with Gasteiger partial charge in [-0.3, -0.25) is 14.4 Å². The lowest BCUT2D eigenvalue weighted by atomic mass is 10.1. The summed E-state index contributed by atoms with van der Waals surface area (Å²) >= 11 is 9.12. The van der Waals surface area contributed by atoms with Gasteiger partial charge in [-0.25, -0.2) is 0 Å². The highest BCUT2D eigenvalue weighted by Crippen LogP contribution is 2.12. The zero-order valence-electron chi connectivity index (χ0n) is 14.2. The van der Waals surface area contributed by atoms with E-state index in [-0.39, 0.29) is 30.1 Å². The van der Waals surface area contributed by atoms with Crippen LogP contribution >= 0.6 is 27.5 Å². The van der Waals surface area contributed by atoms with Crippen LogP contribution in [0.4, 0.5) is 0 Å². The van der Waals surface area contributed by atoms with Crippen molar-refractivity contribution in [3.63, 3.8) is 0 Å². The third-order valence-electron chi connectivity index (χ3n) is 3.84. The molecule has 0 radical (unpaired) electrons. The Kier molecular flexibility index (Phi) is 8.06. The van der Waals surface area contributed by atoms with Gasteiger partial charge in [-0.2, -0.15) is 0 Å². The number of rotatable bonds is 9. The van der Waals surface area contributed by atoms with E-state index in [9.17, 15) is 14.4 Å². The molecule has 1 amide bonds. The number of halogens is 2. The largest absolute Gasteiger partial charge is 0.356 e. The second-order valence-electron chi connectivity index (χ2n) is 5.87. The monoisotopic (exact) mass is 438 g/mol. The second-order valence-corrected chi connectivity index (χ2v) is 7.22. The molecule has 0 aliphatic carbocycles. The van der Waals surface area contributed by atoms with Gasteiger partial charge in [0.15, 0.2) is 5.78 Å². The molecule has 7 heteroatoms. The predicted octanol–water partition coefficient (Wildman–Crippen LogP) is 3.82. The molecule has 2 rings (SSSR count). The average molecular weight is 440 g/mol. The summed E-state index contributed by atoms with van der Waals surface area (Å²) in [5.74, 6) is -0.224. The first-order chi connectivity index (χ1) is 12.5. The molecule has 1 aromatic carbocycles. The van der Waals surface area contributed by atoms with Crippen LogP contribution in [0.5, 0.6) is 0 Å². The van der Waals surface area contributed by atoms with Gasteiger partial charge < -0.3 is 9.88 Å². The number of aromatic nitrogens is 1. The van der Waals surface area contributed by atoms with Crippen molar-refractivity contribution < 1.29 is 9.59 Å². The molecule has 0 atom stereocenters. The maximum atomic E-state index is 12.0. The number of nitrogens with one attached hydrogen (secondary N) is 1. The Bertz CT molecular complexity index is 818. The summed E-state index contributed by atoms with van der Waals surface area (Å²) in [5.41, 5.74) is 0.514. The summed E-state index contributed by atoms with van der Waals surface area (Å²) in [6, 6.07) is 9.86. The highest BCUT2D eigenvalue weighted by Gasteiger charge is 2.09. The Hall–Kier alpha value is -1.92. The summed E-state index contributed by atoms with van der Waals surface area (Å²) < 4.78 is 2.49. The van der Waals surface area contributed by atoms with Gasteiger partial charge in [-0.15, -0.1) is 0 Å². The number of aryl methyl sites for hydroxylation is 1. The van der Waals surface area contributed by atoms with Gasteiger partial charge in [-0.05, 0) is 59.1 Å². The molecule has 0 bridgehead atoms. The molecular formula is C19H20BrClN2O3.